The van der Waals surface area contributed by atoms with Gasteiger partial charge < -0.3 is 9.88 Å². The van der Waals surface area contributed by atoms with Crippen molar-refractivity contribution in [2.45, 2.75) is 59.8 Å². The molecule has 0 saturated carbocycles. The Morgan fingerprint density at radius 2 is 1.55 bits per heavy atom. The molecule has 4 heteroatoms. The molecule has 0 atom stereocenters. The summed E-state index contributed by atoms with van der Waals surface area (Å²) in [5.74, 6) is 1.14. The molecule has 1 N–H and O–H groups in total. The molecule has 0 unspecified atom stereocenters. The molecule has 0 bridgehead atoms. The average molecular weight is 399 g/mol. The molecule has 0 aliphatic carbocycles. The van der Waals surface area contributed by atoms with E-state index in [4.69, 9.17) is 0 Å². The van der Waals surface area contributed by atoms with E-state index in [0.29, 0.717) is 0 Å². The molecule has 162 valence electrons. The van der Waals surface area contributed by atoms with Gasteiger partial charge in [0.25, 0.3) is 0 Å². The Balaban J connectivity index is 0.000000363. The summed E-state index contributed by atoms with van der Waals surface area (Å²) < 4.78 is 1.79. The van der Waals surface area contributed by atoms with Crippen molar-refractivity contribution in [1.29, 1.82) is 0 Å². The Hall–Kier alpha value is -2.49. The maximum Gasteiger partial charge on any atom is 0.105 e. The van der Waals surface area contributed by atoms with Crippen molar-refractivity contribution in [1.82, 2.24) is 14.8 Å². The average Bonchev–Trinajstić information content (AvgIpc) is 3.40. The normalized spacial score (nSPS) is 9.21. The van der Waals surface area contributed by atoms with Crippen molar-refractivity contribution in [3.8, 4) is 0 Å². The van der Waals surface area contributed by atoms with Crippen molar-refractivity contribution >= 4 is 5.82 Å². The standard InChI is InChI=1S/C8H10.C6H10N2.C6H14.C5H8N2/c1-2-8-6-4-3-5-7-8;1-8(2)6-4-3-5-7-6;1-3-5-6-4-2;1-5-3-6-7(2)4-5/h3-7H,2H2,1H3;3-5,7H,1-2H3;3-6H2,1-2H3;3-4H,1-2H3. The summed E-state index contributed by atoms with van der Waals surface area (Å²) in [5, 5.41) is 3.93. The largest absolute Gasteiger partial charge is 0.364 e. The first kappa shape index (κ1) is 26.5. The second-order valence-corrected chi connectivity index (χ2v) is 7.19. The number of anilines is 1. The Kier molecular flexibility index (Phi) is 16.1. The first-order chi connectivity index (χ1) is 13.9. The van der Waals surface area contributed by atoms with Crippen LogP contribution in [0.3, 0.4) is 0 Å². The van der Waals surface area contributed by atoms with E-state index in [0.717, 1.165) is 12.2 Å². The number of aromatic nitrogens is 3. The van der Waals surface area contributed by atoms with Gasteiger partial charge in [0.15, 0.2) is 0 Å². The quantitative estimate of drug-likeness (QED) is 0.489. The van der Waals surface area contributed by atoms with Crippen LogP contribution in [0.5, 0.6) is 0 Å². The highest BCUT2D eigenvalue weighted by atomic mass is 15.2. The third-order valence-corrected chi connectivity index (χ3v) is 4.11. The second kappa shape index (κ2) is 17.6. The number of aryl methyl sites for hydroxylation is 3. The van der Waals surface area contributed by atoms with Gasteiger partial charge in [0.05, 0.1) is 6.20 Å². The van der Waals surface area contributed by atoms with E-state index in [1.807, 2.05) is 69.8 Å². The number of nitrogens with one attached hydrogen (secondary N) is 1. The number of nitrogens with zero attached hydrogens (tertiary/aromatic N) is 3. The zero-order valence-electron chi connectivity index (χ0n) is 19.7. The minimum Gasteiger partial charge on any atom is -0.364 e. The van der Waals surface area contributed by atoms with Crippen LogP contribution in [0.4, 0.5) is 5.82 Å². The summed E-state index contributed by atoms with van der Waals surface area (Å²) in [6, 6.07) is 14.5. The Morgan fingerprint density at radius 3 is 1.79 bits per heavy atom. The summed E-state index contributed by atoms with van der Waals surface area (Å²) >= 11 is 0. The van der Waals surface area contributed by atoms with Gasteiger partial charge >= 0.3 is 0 Å². The molecular formula is C25H42N4. The third kappa shape index (κ3) is 15.1. The van der Waals surface area contributed by atoms with Crippen LogP contribution in [0.15, 0.2) is 61.1 Å². The van der Waals surface area contributed by atoms with Gasteiger partial charge in [-0.2, -0.15) is 5.10 Å². The first-order valence-corrected chi connectivity index (χ1v) is 10.7. The monoisotopic (exact) mass is 398 g/mol. The van der Waals surface area contributed by atoms with E-state index in [-0.39, 0.29) is 0 Å². The van der Waals surface area contributed by atoms with Gasteiger partial charge in [-0.1, -0.05) is 76.8 Å². The highest BCUT2D eigenvalue weighted by Gasteiger charge is 1.89. The zero-order chi connectivity index (χ0) is 21.9. The molecule has 0 spiro atoms. The van der Waals surface area contributed by atoms with Crippen LogP contribution in [-0.2, 0) is 13.5 Å². The molecule has 3 aromatic rings. The zero-order valence-corrected chi connectivity index (χ0v) is 19.7. The van der Waals surface area contributed by atoms with Gasteiger partial charge in [0, 0.05) is 33.5 Å². The van der Waals surface area contributed by atoms with Crippen molar-refractivity contribution in [3.63, 3.8) is 0 Å². The highest BCUT2D eigenvalue weighted by molar-refractivity contribution is 5.35. The minimum atomic E-state index is 1.14. The molecule has 29 heavy (non-hydrogen) atoms. The highest BCUT2D eigenvalue weighted by Crippen LogP contribution is 2.03. The van der Waals surface area contributed by atoms with Crippen molar-refractivity contribution in [2.24, 2.45) is 7.05 Å². The van der Waals surface area contributed by atoms with Gasteiger partial charge in [0.1, 0.15) is 5.82 Å². The van der Waals surface area contributed by atoms with Gasteiger partial charge in [-0.3, -0.25) is 4.68 Å². The van der Waals surface area contributed by atoms with Crippen LogP contribution in [-0.4, -0.2) is 28.9 Å². The molecule has 0 fully saturated rings. The molecule has 0 saturated heterocycles. The molecule has 0 amide bonds. The topological polar surface area (TPSA) is 36.9 Å². The lowest BCUT2D eigenvalue weighted by atomic mass is 10.2. The van der Waals surface area contributed by atoms with Crippen LogP contribution >= 0.6 is 0 Å². The van der Waals surface area contributed by atoms with E-state index in [2.05, 4.69) is 55.1 Å². The van der Waals surface area contributed by atoms with Gasteiger partial charge in [0.2, 0.25) is 0 Å². The lowest BCUT2D eigenvalue weighted by Crippen LogP contribution is -2.08. The summed E-state index contributed by atoms with van der Waals surface area (Å²) in [5.41, 5.74) is 2.62. The van der Waals surface area contributed by atoms with Crippen LogP contribution in [0, 0.1) is 6.92 Å². The number of rotatable bonds is 5. The Labute approximate surface area is 179 Å². The van der Waals surface area contributed by atoms with E-state index in [1.54, 1.807) is 4.68 Å². The van der Waals surface area contributed by atoms with Gasteiger partial charge in [-0.05, 0) is 36.6 Å². The number of unbranched alkanes of at least 4 members (excludes halogenated alkanes) is 3. The minimum absolute atomic E-state index is 1.14. The first-order valence-electron chi connectivity index (χ1n) is 10.7. The smallest absolute Gasteiger partial charge is 0.105 e. The summed E-state index contributed by atoms with van der Waals surface area (Å²) in [4.78, 5) is 5.09. The lowest BCUT2D eigenvalue weighted by Gasteiger charge is -2.07. The second-order valence-electron chi connectivity index (χ2n) is 7.19. The van der Waals surface area contributed by atoms with Gasteiger partial charge in [-0.25, -0.2) is 0 Å². The summed E-state index contributed by atoms with van der Waals surface area (Å²) in [7, 11) is 5.92. The number of hydrogen-bond donors (Lipinski definition) is 1. The SMILES string of the molecule is CCCCCC.CCc1ccccc1.CN(C)c1ccc[nH]1.Cc1cnn(C)c1. The maximum atomic E-state index is 3.93. The van der Waals surface area contributed by atoms with E-state index in [1.165, 1.54) is 36.8 Å². The van der Waals surface area contributed by atoms with Crippen LogP contribution < -0.4 is 4.90 Å². The fraction of sp³-hybridized carbons (Fsp3) is 0.480. The fourth-order valence-corrected chi connectivity index (χ4v) is 2.36. The molecule has 0 radical (unpaired) electrons. The number of hydrogen-bond acceptors (Lipinski definition) is 2. The van der Waals surface area contributed by atoms with Crippen LogP contribution in [0.1, 0.15) is 57.6 Å². The molecule has 1 aromatic carbocycles. The van der Waals surface area contributed by atoms with E-state index in [9.17, 15) is 0 Å². The Morgan fingerprint density at radius 1 is 0.931 bits per heavy atom. The molecule has 0 aliphatic rings. The third-order valence-electron chi connectivity index (χ3n) is 4.11. The summed E-state index contributed by atoms with van der Waals surface area (Å²) in [6.45, 7) is 8.65. The van der Waals surface area contributed by atoms with Crippen molar-refractivity contribution in [3.05, 3.63) is 72.2 Å². The van der Waals surface area contributed by atoms with E-state index >= 15 is 0 Å². The lowest BCUT2D eigenvalue weighted by molar-refractivity contribution is 0.702. The van der Waals surface area contributed by atoms with Crippen molar-refractivity contribution in [2.75, 3.05) is 19.0 Å². The van der Waals surface area contributed by atoms with Crippen LogP contribution in [0.2, 0.25) is 0 Å². The number of aromatic amines is 1. The molecular weight excluding hydrogens is 356 g/mol. The Bertz CT molecular complexity index is 664. The molecule has 2 heterocycles. The number of H-pyrrole nitrogens is 1. The predicted octanol–water partition coefficient (Wildman–Crippen LogP) is 6.64. The summed E-state index contributed by atoms with van der Waals surface area (Å²) in [6.07, 6.45) is 12.4. The molecule has 2 aromatic heterocycles. The van der Waals surface area contributed by atoms with Crippen molar-refractivity contribution < 1.29 is 0 Å². The maximum absolute atomic E-state index is 3.93. The van der Waals surface area contributed by atoms with E-state index < -0.39 is 0 Å². The molecule has 0 aliphatic heterocycles. The molecule has 3 rings (SSSR count). The molecule has 4 nitrogen and oxygen atoms in total. The van der Waals surface area contributed by atoms with Gasteiger partial charge in [-0.15, -0.1) is 0 Å². The van der Waals surface area contributed by atoms with Crippen LogP contribution in [0.25, 0.3) is 0 Å². The fourth-order valence-electron chi connectivity index (χ4n) is 2.36. The predicted molar refractivity (Wildman–Crippen MR) is 129 cm³/mol. The number of benzene rings is 1.